The SMILES string of the molecule is COc1cc2c(cc1OC)C(=O)C(=C1CCc3cc(OC)c(OC)cc31)C2. The van der Waals surface area contributed by atoms with Crippen LogP contribution < -0.4 is 18.9 Å². The molecule has 0 heterocycles. The van der Waals surface area contributed by atoms with Crippen LogP contribution in [0.15, 0.2) is 29.8 Å². The van der Waals surface area contributed by atoms with E-state index in [0.29, 0.717) is 29.2 Å². The minimum atomic E-state index is 0.0728. The van der Waals surface area contributed by atoms with Crippen LogP contribution >= 0.6 is 0 Å². The number of benzene rings is 2. The first-order chi connectivity index (χ1) is 13.1. The molecule has 0 saturated carbocycles. The summed E-state index contributed by atoms with van der Waals surface area (Å²) in [6.07, 6.45) is 2.34. The van der Waals surface area contributed by atoms with Gasteiger partial charge < -0.3 is 18.9 Å². The Morgan fingerprint density at radius 3 is 1.74 bits per heavy atom. The van der Waals surface area contributed by atoms with Gasteiger partial charge in [-0.1, -0.05) is 0 Å². The van der Waals surface area contributed by atoms with Gasteiger partial charge in [0.15, 0.2) is 28.8 Å². The van der Waals surface area contributed by atoms with E-state index in [4.69, 9.17) is 18.9 Å². The van der Waals surface area contributed by atoms with Crippen LogP contribution in [0.4, 0.5) is 0 Å². The highest BCUT2D eigenvalue weighted by atomic mass is 16.5. The largest absolute Gasteiger partial charge is 0.493 e. The van der Waals surface area contributed by atoms with E-state index in [1.165, 1.54) is 5.56 Å². The van der Waals surface area contributed by atoms with Crippen molar-refractivity contribution in [1.82, 2.24) is 0 Å². The van der Waals surface area contributed by atoms with Crippen molar-refractivity contribution in [3.8, 4) is 23.0 Å². The zero-order valence-electron chi connectivity index (χ0n) is 16.0. The van der Waals surface area contributed by atoms with E-state index < -0.39 is 0 Å². The summed E-state index contributed by atoms with van der Waals surface area (Å²) in [7, 11) is 6.45. The van der Waals surface area contributed by atoms with E-state index in [2.05, 4.69) is 0 Å². The van der Waals surface area contributed by atoms with Gasteiger partial charge in [0.1, 0.15) is 0 Å². The van der Waals surface area contributed by atoms with Gasteiger partial charge in [0.2, 0.25) is 0 Å². The van der Waals surface area contributed by atoms with Crippen LogP contribution in [0.2, 0.25) is 0 Å². The molecule has 4 rings (SSSR count). The maximum absolute atomic E-state index is 13.1. The summed E-state index contributed by atoms with van der Waals surface area (Å²) in [6.45, 7) is 0. The molecule has 27 heavy (non-hydrogen) atoms. The molecule has 0 aromatic heterocycles. The normalized spacial score (nSPS) is 17.6. The lowest BCUT2D eigenvalue weighted by atomic mass is 9.98. The molecule has 0 fully saturated rings. The first kappa shape index (κ1) is 17.5. The molecule has 0 atom stereocenters. The summed E-state index contributed by atoms with van der Waals surface area (Å²) in [6, 6.07) is 7.69. The van der Waals surface area contributed by atoms with E-state index in [1.807, 2.05) is 18.2 Å². The van der Waals surface area contributed by atoms with Crippen molar-refractivity contribution in [1.29, 1.82) is 0 Å². The fourth-order valence-electron chi connectivity index (χ4n) is 4.07. The molecule has 0 amide bonds. The van der Waals surface area contributed by atoms with Gasteiger partial charge in [-0.15, -0.1) is 0 Å². The van der Waals surface area contributed by atoms with Crippen LogP contribution in [0, 0.1) is 0 Å². The first-order valence-corrected chi connectivity index (χ1v) is 8.88. The lowest BCUT2D eigenvalue weighted by Gasteiger charge is -2.11. The topological polar surface area (TPSA) is 54.0 Å². The lowest BCUT2D eigenvalue weighted by Crippen LogP contribution is -2.00. The highest BCUT2D eigenvalue weighted by Gasteiger charge is 2.32. The Labute approximate surface area is 158 Å². The molecule has 0 radical (unpaired) electrons. The maximum atomic E-state index is 13.1. The third-order valence-electron chi connectivity index (χ3n) is 5.44. The van der Waals surface area contributed by atoms with Crippen molar-refractivity contribution in [2.45, 2.75) is 19.3 Å². The van der Waals surface area contributed by atoms with Crippen molar-refractivity contribution in [2.75, 3.05) is 28.4 Å². The molecule has 0 aliphatic heterocycles. The van der Waals surface area contributed by atoms with Crippen molar-refractivity contribution in [2.24, 2.45) is 0 Å². The van der Waals surface area contributed by atoms with E-state index >= 15 is 0 Å². The number of rotatable bonds is 4. The van der Waals surface area contributed by atoms with E-state index in [0.717, 1.165) is 40.9 Å². The molecule has 0 N–H and O–H groups in total. The Morgan fingerprint density at radius 2 is 1.15 bits per heavy atom. The second-order valence-corrected chi connectivity index (χ2v) is 6.69. The van der Waals surface area contributed by atoms with Crippen LogP contribution in [-0.2, 0) is 12.8 Å². The molecule has 0 spiro atoms. The quantitative estimate of drug-likeness (QED) is 0.769. The lowest BCUT2D eigenvalue weighted by molar-refractivity contribution is 0.103. The fraction of sp³-hybridized carbons (Fsp3) is 0.318. The molecule has 2 aromatic carbocycles. The van der Waals surface area contributed by atoms with Gasteiger partial charge in [0.25, 0.3) is 0 Å². The van der Waals surface area contributed by atoms with Gasteiger partial charge >= 0.3 is 0 Å². The molecular formula is C22H22O5. The van der Waals surface area contributed by atoms with Gasteiger partial charge in [-0.3, -0.25) is 4.79 Å². The number of hydrogen-bond donors (Lipinski definition) is 0. The number of ketones is 1. The molecule has 2 aromatic rings. The van der Waals surface area contributed by atoms with Crippen LogP contribution in [0.25, 0.3) is 5.57 Å². The fourth-order valence-corrected chi connectivity index (χ4v) is 4.07. The minimum Gasteiger partial charge on any atom is -0.493 e. The first-order valence-electron chi connectivity index (χ1n) is 8.88. The summed E-state index contributed by atoms with van der Waals surface area (Å²) in [5.74, 6) is 2.70. The van der Waals surface area contributed by atoms with Gasteiger partial charge in [0.05, 0.1) is 28.4 Å². The molecule has 140 valence electrons. The molecule has 2 aliphatic rings. The Hall–Kier alpha value is -2.95. The van der Waals surface area contributed by atoms with Crippen molar-refractivity contribution < 1.29 is 23.7 Å². The Morgan fingerprint density at radius 1 is 0.630 bits per heavy atom. The van der Waals surface area contributed by atoms with E-state index in [9.17, 15) is 4.79 Å². The highest BCUT2D eigenvalue weighted by Crippen LogP contribution is 2.45. The number of carbonyl (C=O) groups excluding carboxylic acids is 1. The van der Waals surface area contributed by atoms with Crippen molar-refractivity contribution >= 4 is 11.4 Å². The highest BCUT2D eigenvalue weighted by molar-refractivity contribution is 6.18. The standard InChI is InChI=1S/C22H22O5/c1-24-18-8-12-5-6-14(15(12)10-20(18)26-3)17-7-13-9-19(25-2)21(27-4)11-16(13)22(17)23/h8-11H,5-7H2,1-4H3. The van der Waals surface area contributed by atoms with Crippen LogP contribution in [0.3, 0.4) is 0 Å². The summed E-state index contributed by atoms with van der Waals surface area (Å²) in [5, 5.41) is 0. The molecular weight excluding hydrogens is 344 g/mol. The zero-order chi connectivity index (χ0) is 19.1. The number of Topliss-reactive ketones (excluding diaryl/α,β-unsaturated/α-hetero) is 1. The van der Waals surface area contributed by atoms with Gasteiger partial charge in [-0.05, 0) is 59.4 Å². The minimum absolute atomic E-state index is 0.0728. The summed E-state index contributed by atoms with van der Waals surface area (Å²) >= 11 is 0. The van der Waals surface area contributed by atoms with Crippen molar-refractivity contribution in [3.05, 3.63) is 52.1 Å². The Bertz CT molecular complexity index is 971. The Balaban J connectivity index is 1.82. The Kier molecular flexibility index (Phi) is 4.30. The summed E-state index contributed by atoms with van der Waals surface area (Å²) in [5.41, 5.74) is 5.91. The smallest absolute Gasteiger partial charge is 0.190 e. The third kappa shape index (κ3) is 2.65. The molecule has 2 aliphatic carbocycles. The monoisotopic (exact) mass is 366 g/mol. The number of fused-ring (bicyclic) bond motifs is 2. The molecule has 5 heteroatoms. The number of aryl methyl sites for hydroxylation is 1. The number of hydrogen-bond acceptors (Lipinski definition) is 5. The van der Waals surface area contributed by atoms with Crippen molar-refractivity contribution in [3.63, 3.8) is 0 Å². The van der Waals surface area contributed by atoms with Gasteiger partial charge in [-0.25, -0.2) is 0 Å². The average Bonchev–Trinajstić information content (AvgIpc) is 3.25. The summed E-state index contributed by atoms with van der Waals surface area (Å²) < 4.78 is 21.6. The number of allylic oxidation sites excluding steroid dienone is 2. The third-order valence-corrected chi connectivity index (χ3v) is 5.44. The molecule has 0 saturated heterocycles. The van der Waals surface area contributed by atoms with E-state index in [-0.39, 0.29) is 5.78 Å². The van der Waals surface area contributed by atoms with Gasteiger partial charge in [0, 0.05) is 17.6 Å². The predicted octanol–water partition coefficient (Wildman–Crippen LogP) is 3.86. The molecule has 0 bridgehead atoms. The van der Waals surface area contributed by atoms with Crippen LogP contribution in [0.5, 0.6) is 23.0 Å². The van der Waals surface area contributed by atoms with Crippen LogP contribution in [0.1, 0.15) is 33.5 Å². The summed E-state index contributed by atoms with van der Waals surface area (Å²) in [4.78, 5) is 13.1. The number of carbonyl (C=O) groups is 1. The second-order valence-electron chi connectivity index (χ2n) is 6.69. The molecule has 0 unspecified atom stereocenters. The second kappa shape index (κ2) is 6.65. The predicted molar refractivity (Wildman–Crippen MR) is 102 cm³/mol. The van der Waals surface area contributed by atoms with E-state index in [1.54, 1.807) is 34.5 Å². The molecule has 5 nitrogen and oxygen atoms in total. The maximum Gasteiger partial charge on any atom is 0.190 e. The van der Waals surface area contributed by atoms with Gasteiger partial charge in [-0.2, -0.15) is 0 Å². The number of ether oxygens (including phenoxy) is 4. The number of methoxy groups -OCH3 is 4. The zero-order valence-corrected chi connectivity index (χ0v) is 16.0. The van der Waals surface area contributed by atoms with Crippen LogP contribution in [-0.4, -0.2) is 34.2 Å². The average molecular weight is 366 g/mol.